The number of allylic oxidation sites excluding steroid dienone is 2. The normalized spacial score (nSPS) is 38.7. The van der Waals surface area contributed by atoms with Crippen LogP contribution >= 0.6 is 0 Å². The fourth-order valence-corrected chi connectivity index (χ4v) is 4.32. The number of carbonyl (C=O) groups excluding carboxylic acids is 1. The second-order valence-corrected chi connectivity index (χ2v) is 6.35. The quantitative estimate of drug-likeness (QED) is 0.837. The Hall–Kier alpha value is -2.10. The van der Waals surface area contributed by atoms with E-state index < -0.39 is 17.8 Å². The molecule has 0 saturated heterocycles. The van der Waals surface area contributed by atoms with E-state index in [0.717, 1.165) is 12.1 Å². The van der Waals surface area contributed by atoms with Crippen LogP contribution in [0.3, 0.4) is 0 Å². The van der Waals surface area contributed by atoms with E-state index in [2.05, 4.69) is 11.4 Å². The highest BCUT2D eigenvalue weighted by Gasteiger charge is 2.62. The summed E-state index contributed by atoms with van der Waals surface area (Å²) < 4.78 is 0. The summed E-state index contributed by atoms with van der Waals surface area (Å²) in [5.41, 5.74) is 0.726. The number of hydrogen-bond donors (Lipinski definition) is 2. The second kappa shape index (κ2) is 4.45. The number of carboxylic acid groups (broad SMARTS) is 1. The highest BCUT2D eigenvalue weighted by molar-refractivity contribution is 5.96. The molecule has 4 aliphatic rings. The monoisotopic (exact) mass is 283 g/mol. The summed E-state index contributed by atoms with van der Waals surface area (Å²) in [6.07, 6.45) is 5.18. The van der Waals surface area contributed by atoms with E-state index in [9.17, 15) is 14.7 Å². The summed E-state index contributed by atoms with van der Waals surface area (Å²) in [4.78, 5) is 24.3. The topological polar surface area (TPSA) is 66.4 Å². The Balaban J connectivity index is 1.62. The van der Waals surface area contributed by atoms with Crippen molar-refractivity contribution in [3.63, 3.8) is 0 Å². The molecular formula is C17H17NO3. The number of fused-ring (bicyclic) bond motifs is 1. The smallest absolute Gasteiger partial charge is 0.307 e. The average molecular weight is 283 g/mol. The summed E-state index contributed by atoms with van der Waals surface area (Å²) in [6.45, 7) is 0. The Bertz CT molecular complexity index is 624. The molecule has 1 aromatic rings. The van der Waals surface area contributed by atoms with Crippen molar-refractivity contribution >= 4 is 17.6 Å². The Morgan fingerprint density at radius 1 is 1.00 bits per heavy atom. The van der Waals surface area contributed by atoms with Gasteiger partial charge in [0.2, 0.25) is 5.91 Å². The Labute approximate surface area is 122 Å². The van der Waals surface area contributed by atoms with E-state index in [1.54, 1.807) is 0 Å². The highest BCUT2D eigenvalue weighted by atomic mass is 16.4. The zero-order chi connectivity index (χ0) is 14.6. The first kappa shape index (κ1) is 12.6. The minimum absolute atomic E-state index is 0.0315. The lowest BCUT2D eigenvalue weighted by Gasteiger charge is -2.41. The van der Waals surface area contributed by atoms with E-state index >= 15 is 0 Å². The van der Waals surface area contributed by atoms with Gasteiger partial charge in [0.05, 0.1) is 11.8 Å². The molecule has 0 spiro atoms. The molecule has 4 heteroatoms. The molecular weight excluding hydrogens is 266 g/mol. The predicted molar refractivity (Wildman–Crippen MR) is 77.4 cm³/mol. The van der Waals surface area contributed by atoms with Crippen LogP contribution in [0.2, 0.25) is 0 Å². The number of aliphatic carboxylic acids is 1. The van der Waals surface area contributed by atoms with Crippen molar-refractivity contribution in [2.75, 3.05) is 5.32 Å². The second-order valence-electron chi connectivity index (χ2n) is 6.35. The van der Waals surface area contributed by atoms with Crippen LogP contribution in [0.1, 0.15) is 6.42 Å². The Kier molecular flexibility index (Phi) is 2.67. The summed E-state index contributed by atoms with van der Waals surface area (Å²) in [7, 11) is 0. The molecule has 2 bridgehead atoms. The number of carboxylic acids is 1. The molecule has 0 heterocycles. The Morgan fingerprint density at radius 3 is 2.24 bits per heavy atom. The van der Waals surface area contributed by atoms with Gasteiger partial charge in [-0.25, -0.2) is 0 Å². The number of nitrogens with one attached hydrogen (secondary N) is 1. The highest BCUT2D eigenvalue weighted by Crippen LogP contribution is 2.63. The zero-order valence-corrected chi connectivity index (χ0v) is 11.5. The predicted octanol–water partition coefficient (Wildman–Crippen LogP) is 2.39. The molecule has 5 rings (SSSR count). The van der Waals surface area contributed by atoms with E-state index in [0.29, 0.717) is 11.8 Å². The maximum Gasteiger partial charge on any atom is 0.307 e. The molecule has 1 amide bonds. The SMILES string of the molecule is O=C(O)[C@H]1[C@@H]2C=C[C@H]([C@H]3C[C@H]23)[C@@H]1C(=O)Nc1ccccc1. The van der Waals surface area contributed by atoms with Crippen molar-refractivity contribution in [2.24, 2.45) is 35.5 Å². The van der Waals surface area contributed by atoms with Crippen LogP contribution in [0.5, 0.6) is 0 Å². The van der Waals surface area contributed by atoms with Gasteiger partial charge >= 0.3 is 5.97 Å². The van der Waals surface area contributed by atoms with Crippen LogP contribution in [0.4, 0.5) is 5.69 Å². The molecule has 4 nitrogen and oxygen atoms in total. The first-order valence-corrected chi connectivity index (χ1v) is 7.44. The molecule has 0 radical (unpaired) electrons. The largest absolute Gasteiger partial charge is 0.481 e. The number of anilines is 1. The van der Waals surface area contributed by atoms with Crippen molar-refractivity contribution < 1.29 is 14.7 Å². The molecule has 4 aliphatic carbocycles. The molecule has 0 aromatic heterocycles. The van der Waals surface area contributed by atoms with Crippen LogP contribution in [0.25, 0.3) is 0 Å². The van der Waals surface area contributed by atoms with Gasteiger partial charge in [0, 0.05) is 5.69 Å². The first-order chi connectivity index (χ1) is 10.2. The van der Waals surface area contributed by atoms with Crippen molar-refractivity contribution in [1.29, 1.82) is 0 Å². The van der Waals surface area contributed by atoms with Crippen molar-refractivity contribution in [1.82, 2.24) is 0 Å². The third-order valence-corrected chi connectivity index (χ3v) is 5.28. The van der Waals surface area contributed by atoms with E-state index in [-0.39, 0.29) is 17.7 Å². The van der Waals surface area contributed by atoms with Gasteiger partial charge in [0.1, 0.15) is 0 Å². The fourth-order valence-electron chi connectivity index (χ4n) is 4.32. The van der Waals surface area contributed by atoms with E-state index in [1.807, 2.05) is 36.4 Å². The van der Waals surface area contributed by atoms with Gasteiger partial charge in [-0.15, -0.1) is 0 Å². The van der Waals surface area contributed by atoms with Gasteiger partial charge in [-0.3, -0.25) is 9.59 Å². The van der Waals surface area contributed by atoms with Crippen LogP contribution in [-0.4, -0.2) is 17.0 Å². The molecule has 2 fully saturated rings. The van der Waals surface area contributed by atoms with E-state index in [1.165, 1.54) is 0 Å². The van der Waals surface area contributed by atoms with Crippen molar-refractivity contribution in [3.8, 4) is 0 Å². The summed E-state index contributed by atoms with van der Waals surface area (Å²) >= 11 is 0. The summed E-state index contributed by atoms with van der Waals surface area (Å²) in [6, 6.07) is 9.24. The number of para-hydroxylation sites is 1. The number of carbonyl (C=O) groups is 2. The van der Waals surface area contributed by atoms with Crippen LogP contribution in [0, 0.1) is 35.5 Å². The minimum Gasteiger partial charge on any atom is -0.481 e. The lowest BCUT2D eigenvalue weighted by molar-refractivity contribution is -0.152. The summed E-state index contributed by atoms with van der Waals surface area (Å²) in [5, 5.41) is 12.5. The van der Waals surface area contributed by atoms with Gasteiger partial charge in [-0.1, -0.05) is 30.4 Å². The molecule has 2 saturated carbocycles. The van der Waals surface area contributed by atoms with Gasteiger partial charge in [-0.2, -0.15) is 0 Å². The van der Waals surface area contributed by atoms with Crippen molar-refractivity contribution in [2.45, 2.75) is 6.42 Å². The summed E-state index contributed by atoms with van der Waals surface area (Å²) in [5.74, 6) is -0.891. The molecule has 6 atom stereocenters. The average Bonchev–Trinajstić information content (AvgIpc) is 3.29. The first-order valence-electron chi connectivity index (χ1n) is 7.44. The third kappa shape index (κ3) is 1.89. The van der Waals surface area contributed by atoms with Crippen LogP contribution in [-0.2, 0) is 9.59 Å². The number of amides is 1. The fraction of sp³-hybridized carbons (Fsp3) is 0.412. The standard InChI is InChI=1S/C17H17NO3/c19-16(18-9-4-2-1-3-5-9)14-10-6-7-11(13-8-12(10)13)15(14)17(20)21/h1-7,10-15H,8H2,(H,18,19)(H,20,21)/t10-,11-,12-,13-,14+,15+/m1/s1. The molecule has 0 unspecified atom stereocenters. The van der Waals surface area contributed by atoms with Gasteiger partial charge in [-0.05, 0) is 42.2 Å². The van der Waals surface area contributed by atoms with Crippen LogP contribution in [0.15, 0.2) is 42.5 Å². The molecule has 1 aromatic carbocycles. The molecule has 0 aliphatic heterocycles. The number of benzene rings is 1. The molecule has 108 valence electrons. The number of rotatable bonds is 3. The van der Waals surface area contributed by atoms with Gasteiger partial charge < -0.3 is 10.4 Å². The third-order valence-electron chi connectivity index (χ3n) is 5.28. The lowest BCUT2D eigenvalue weighted by atomic mass is 9.62. The van der Waals surface area contributed by atoms with Crippen molar-refractivity contribution in [3.05, 3.63) is 42.5 Å². The van der Waals surface area contributed by atoms with Gasteiger partial charge in [0.25, 0.3) is 0 Å². The van der Waals surface area contributed by atoms with Gasteiger partial charge in [0.15, 0.2) is 0 Å². The minimum atomic E-state index is -0.840. The maximum absolute atomic E-state index is 12.6. The molecule has 21 heavy (non-hydrogen) atoms. The van der Waals surface area contributed by atoms with Crippen LogP contribution < -0.4 is 5.32 Å². The Morgan fingerprint density at radius 2 is 1.62 bits per heavy atom. The van der Waals surface area contributed by atoms with E-state index in [4.69, 9.17) is 0 Å². The number of hydrogen-bond acceptors (Lipinski definition) is 2. The molecule has 2 N–H and O–H groups in total. The maximum atomic E-state index is 12.6. The zero-order valence-electron chi connectivity index (χ0n) is 11.5. The lowest BCUT2D eigenvalue weighted by Crippen LogP contribution is -2.48.